The molecular weight excluding hydrogens is 316 g/mol. The highest BCUT2D eigenvalue weighted by Crippen LogP contribution is 2.30. The van der Waals surface area contributed by atoms with E-state index in [-0.39, 0.29) is 11.4 Å². The van der Waals surface area contributed by atoms with Crippen molar-refractivity contribution in [2.24, 2.45) is 0 Å². The van der Waals surface area contributed by atoms with Crippen molar-refractivity contribution in [2.75, 3.05) is 38.3 Å². The monoisotopic (exact) mass is 332 g/mol. The van der Waals surface area contributed by atoms with Crippen LogP contribution in [0.2, 0.25) is 0 Å². The van der Waals surface area contributed by atoms with E-state index in [1.807, 2.05) is 4.90 Å². The second-order valence-electron chi connectivity index (χ2n) is 5.46. The van der Waals surface area contributed by atoms with Crippen LogP contribution in [0.4, 0.5) is 16.2 Å². The minimum absolute atomic E-state index is 0.0450. The van der Waals surface area contributed by atoms with Gasteiger partial charge in [0.1, 0.15) is 11.4 Å². The average molecular weight is 332 g/mol. The molecule has 2 aliphatic rings. The molecule has 0 saturated carbocycles. The number of carbonyl (C=O) groups excluding carboxylic acids is 2. The number of amides is 3. The Labute approximate surface area is 137 Å². The number of nitro groups is 1. The minimum Gasteiger partial charge on any atom is -0.378 e. The van der Waals surface area contributed by atoms with Gasteiger partial charge in [-0.25, -0.2) is 4.79 Å². The molecule has 0 spiro atoms. The lowest BCUT2D eigenvalue weighted by molar-refractivity contribution is -0.384. The molecule has 0 aromatic heterocycles. The molecule has 1 aromatic rings. The summed E-state index contributed by atoms with van der Waals surface area (Å²) in [4.78, 5) is 37.1. The third-order valence-corrected chi connectivity index (χ3v) is 3.94. The summed E-state index contributed by atoms with van der Waals surface area (Å²) in [6.45, 7) is 2.22. The van der Waals surface area contributed by atoms with Gasteiger partial charge in [-0.1, -0.05) is 6.07 Å². The molecule has 0 radical (unpaired) electrons. The Bertz CT molecular complexity index is 739. The van der Waals surface area contributed by atoms with Gasteiger partial charge in [0.2, 0.25) is 0 Å². The first-order valence-corrected chi connectivity index (χ1v) is 7.39. The normalized spacial score (nSPS) is 19.8. The van der Waals surface area contributed by atoms with Crippen LogP contribution in [0.15, 0.2) is 23.9 Å². The van der Waals surface area contributed by atoms with Crippen LogP contribution >= 0.6 is 0 Å². The van der Waals surface area contributed by atoms with Gasteiger partial charge in [-0.15, -0.1) is 0 Å². The highest BCUT2D eigenvalue weighted by Gasteiger charge is 2.30. The van der Waals surface area contributed by atoms with E-state index in [1.165, 1.54) is 19.2 Å². The Hall–Kier alpha value is -2.94. The van der Waals surface area contributed by atoms with E-state index in [0.29, 0.717) is 37.6 Å². The Morgan fingerprint density at radius 1 is 1.29 bits per heavy atom. The lowest BCUT2D eigenvalue weighted by atomic mass is 10.1. The summed E-state index contributed by atoms with van der Waals surface area (Å²) in [5.41, 5.74) is 1.04. The van der Waals surface area contributed by atoms with Crippen LogP contribution < -0.4 is 10.2 Å². The van der Waals surface area contributed by atoms with E-state index in [9.17, 15) is 19.7 Å². The first-order valence-electron chi connectivity index (χ1n) is 7.39. The van der Waals surface area contributed by atoms with E-state index in [1.54, 1.807) is 12.1 Å². The van der Waals surface area contributed by atoms with Gasteiger partial charge < -0.3 is 15.0 Å². The van der Waals surface area contributed by atoms with Crippen molar-refractivity contribution in [1.29, 1.82) is 0 Å². The number of nitrogens with zero attached hydrogens (tertiary/aromatic N) is 3. The lowest BCUT2D eigenvalue weighted by Crippen LogP contribution is -2.36. The molecule has 2 saturated heterocycles. The molecule has 2 fully saturated rings. The van der Waals surface area contributed by atoms with Crippen LogP contribution in [-0.4, -0.2) is 55.1 Å². The highest BCUT2D eigenvalue weighted by atomic mass is 16.6. The number of anilines is 1. The van der Waals surface area contributed by atoms with Crippen molar-refractivity contribution < 1.29 is 19.2 Å². The van der Waals surface area contributed by atoms with Crippen molar-refractivity contribution in [3.63, 3.8) is 0 Å². The number of ether oxygens (including phenoxy) is 1. The molecule has 3 rings (SSSR count). The fourth-order valence-corrected chi connectivity index (χ4v) is 2.64. The Morgan fingerprint density at radius 3 is 2.58 bits per heavy atom. The third-order valence-electron chi connectivity index (χ3n) is 3.94. The summed E-state index contributed by atoms with van der Waals surface area (Å²) in [6.07, 6.45) is 1.43. The summed E-state index contributed by atoms with van der Waals surface area (Å²) in [6, 6.07) is 4.21. The van der Waals surface area contributed by atoms with E-state index < -0.39 is 16.9 Å². The number of nitrogens with one attached hydrogen (secondary N) is 1. The van der Waals surface area contributed by atoms with Gasteiger partial charge in [0.05, 0.1) is 18.1 Å². The third kappa shape index (κ3) is 2.93. The van der Waals surface area contributed by atoms with Crippen LogP contribution in [0, 0.1) is 10.1 Å². The number of likely N-dealkylation sites (N-methyl/N-ethyl adjacent to an activating group) is 1. The molecule has 0 bridgehead atoms. The number of urea groups is 1. The number of hydrogen-bond donors (Lipinski definition) is 1. The SMILES string of the molecule is CN1C(=O)N/C(=C/c2ccc(N3CCOCC3)c([N+](=O)[O-])c2)C1=O. The summed E-state index contributed by atoms with van der Waals surface area (Å²) in [5, 5.41) is 13.8. The van der Waals surface area contributed by atoms with E-state index in [4.69, 9.17) is 4.74 Å². The lowest BCUT2D eigenvalue weighted by Gasteiger charge is -2.28. The Kier molecular flexibility index (Phi) is 4.17. The van der Waals surface area contributed by atoms with Gasteiger partial charge in [0.25, 0.3) is 11.6 Å². The minimum atomic E-state index is -0.523. The van der Waals surface area contributed by atoms with E-state index in [2.05, 4.69) is 5.32 Å². The fraction of sp³-hybridized carbons (Fsp3) is 0.333. The average Bonchev–Trinajstić information content (AvgIpc) is 2.82. The Morgan fingerprint density at radius 2 is 2.00 bits per heavy atom. The fourth-order valence-electron chi connectivity index (χ4n) is 2.64. The predicted molar refractivity (Wildman–Crippen MR) is 85.4 cm³/mol. The molecule has 9 heteroatoms. The van der Waals surface area contributed by atoms with Crippen molar-refractivity contribution in [2.45, 2.75) is 0 Å². The molecule has 3 amide bonds. The molecular formula is C15H16N4O5. The molecule has 0 unspecified atom stereocenters. The first kappa shape index (κ1) is 15.9. The van der Waals surface area contributed by atoms with E-state index >= 15 is 0 Å². The van der Waals surface area contributed by atoms with Gasteiger partial charge in [-0.05, 0) is 17.7 Å². The maximum Gasteiger partial charge on any atom is 0.328 e. The number of hydrogen-bond acceptors (Lipinski definition) is 6. The van der Waals surface area contributed by atoms with Crippen LogP contribution in [0.3, 0.4) is 0 Å². The number of rotatable bonds is 3. The van der Waals surface area contributed by atoms with Crippen LogP contribution in [0.1, 0.15) is 5.56 Å². The number of morpholine rings is 1. The second-order valence-corrected chi connectivity index (χ2v) is 5.46. The molecule has 1 N–H and O–H groups in total. The standard InChI is InChI=1S/C15H16N4O5/c1-17-14(20)11(16-15(17)21)8-10-2-3-12(13(9-10)19(22)23)18-4-6-24-7-5-18/h2-3,8-9H,4-7H2,1H3,(H,16,21)/b11-8+. The maximum absolute atomic E-state index is 11.9. The zero-order valence-corrected chi connectivity index (χ0v) is 13.0. The van der Waals surface area contributed by atoms with Crippen LogP contribution in [0.25, 0.3) is 6.08 Å². The summed E-state index contributed by atoms with van der Waals surface area (Å²) in [5.74, 6) is -0.472. The van der Waals surface area contributed by atoms with Crippen LogP contribution in [-0.2, 0) is 9.53 Å². The van der Waals surface area contributed by atoms with Gasteiger partial charge in [-0.3, -0.25) is 19.8 Å². The van der Waals surface area contributed by atoms with Crippen LogP contribution in [0.5, 0.6) is 0 Å². The second kappa shape index (κ2) is 6.28. The molecule has 24 heavy (non-hydrogen) atoms. The van der Waals surface area contributed by atoms with E-state index in [0.717, 1.165) is 4.90 Å². The van der Waals surface area contributed by atoms with Gasteiger partial charge >= 0.3 is 6.03 Å². The molecule has 126 valence electrons. The summed E-state index contributed by atoms with van der Waals surface area (Å²) < 4.78 is 5.26. The maximum atomic E-state index is 11.9. The van der Waals surface area contributed by atoms with Crippen molar-refractivity contribution >= 4 is 29.4 Å². The zero-order chi connectivity index (χ0) is 17.3. The van der Waals surface area contributed by atoms with Gasteiger partial charge in [0.15, 0.2) is 0 Å². The summed E-state index contributed by atoms with van der Waals surface area (Å²) in [7, 11) is 1.36. The number of carbonyl (C=O) groups is 2. The quantitative estimate of drug-likeness (QED) is 0.382. The van der Waals surface area contributed by atoms with Crippen molar-refractivity contribution in [1.82, 2.24) is 10.2 Å². The Balaban J connectivity index is 1.93. The first-order chi connectivity index (χ1) is 11.5. The van der Waals surface area contributed by atoms with Crippen molar-refractivity contribution in [3.05, 3.63) is 39.6 Å². The van der Waals surface area contributed by atoms with Crippen molar-refractivity contribution in [3.8, 4) is 0 Å². The highest BCUT2D eigenvalue weighted by molar-refractivity contribution is 6.13. The topological polar surface area (TPSA) is 105 Å². The summed E-state index contributed by atoms with van der Waals surface area (Å²) >= 11 is 0. The zero-order valence-electron chi connectivity index (χ0n) is 13.0. The van der Waals surface area contributed by atoms with Gasteiger partial charge in [0, 0.05) is 26.2 Å². The molecule has 0 atom stereocenters. The molecule has 1 aromatic carbocycles. The molecule has 0 aliphatic carbocycles. The predicted octanol–water partition coefficient (Wildman–Crippen LogP) is 0.954. The number of benzene rings is 1. The molecule has 9 nitrogen and oxygen atoms in total. The van der Waals surface area contributed by atoms with Gasteiger partial charge in [-0.2, -0.15) is 0 Å². The number of nitro benzene ring substituents is 1. The smallest absolute Gasteiger partial charge is 0.328 e. The molecule has 2 heterocycles. The molecule has 2 aliphatic heterocycles. The largest absolute Gasteiger partial charge is 0.378 e. The number of imide groups is 1.